The van der Waals surface area contributed by atoms with E-state index in [-0.39, 0.29) is 0 Å². The Kier molecular flexibility index (Phi) is 5.40. The van der Waals surface area contributed by atoms with Crippen molar-refractivity contribution in [2.45, 2.75) is 18.9 Å². The van der Waals surface area contributed by atoms with Crippen LogP contribution in [0.25, 0.3) is 0 Å². The Hall–Kier alpha value is -0.160. The van der Waals surface area contributed by atoms with Gasteiger partial charge >= 0.3 is 0 Å². The van der Waals surface area contributed by atoms with Gasteiger partial charge in [-0.25, -0.2) is 0 Å². The number of nitrogens with zero attached hydrogens (tertiary/aromatic N) is 2. The van der Waals surface area contributed by atoms with Crippen LogP contribution in [0.5, 0.6) is 0 Å². The third-order valence-corrected chi connectivity index (χ3v) is 2.93. The number of hydrogen-bond donors (Lipinski definition) is 2. The molecule has 1 unspecified atom stereocenters. The molecule has 0 aromatic carbocycles. The van der Waals surface area contributed by atoms with Crippen molar-refractivity contribution in [1.29, 1.82) is 0 Å². The number of aliphatic hydroxyl groups excluding tert-OH is 1. The van der Waals surface area contributed by atoms with Gasteiger partial charge in [0.25, 0.3) is 0 Å². The molecule has 4 heteroatoms. The van der Waals surface area contributed by atoms with Crippen molar-refractivity contribution in [2.24, 2.45) is 5.73 Å². The first-order valence-corrected chi connectivity index (χ1v) is 5.51. The van der Waals surface area contributed by atoms with Gasteiger partial charge in [-0.05, 0) is 26.4 Å². The van der Waals surface area contributed by atoms with Crippen molar-refractivity contribution in [3.63, 3.8) is 0 Å². The van der Waals surface area contributed by atoms with Crippen LogP contribution in [-0.4, -0.2) is 67.3 Å². The summed E-state index contributed by atoms with van der Waals surface area (Å²) in [5.74, 6) is 0. The fourth-order valence-electron chi connectivity index (χ4n) is 1.99. The fraction of sp³-hybridized carbons (Fsp3) is 1.00. The predicted octanol–water partition coefficient (Wildman–Crippen LogP) is -0.666. The standard InChI is InChI=1S/C10H23N3O/c1-12-5-6-13(4-2-3-7-14)10(8-11)9-12/h10,14H,2-9,11H2,1H3. The molecule has 1 saturated heterocycles. The summed E-state index contributed by atoms with van der Waals surface area (Å²) in [7, 11) is 2.15. The van der Waals surface area contributed by atoms with Crippen LogP contribution in [0, 0.1) is 0 Å². The number of aliphatic hydroxyl groups is 1. The Morgan fingerprint density at radius 3 is 2.79 bits per heavy atom. The summed E-state index contributed by atoms with van der Waals surface area (Å²) in [5, 5.41) is 8.71. The molecule has 0 radical (unpaired) electrons. The molecule has 0 bridgehead atoms. The molecule has 0 spiro atoms. The van der Waals surface area contributed by atoms with E-state index in [9.17, 15) is 0 Å². The van der Waals surface area contributed by atoms with Gasteiger partial charge in [0.15, 0.2) is 0 Å². The van der Waals surface area contributed by atoms with Crippen LogP contribution in [-0.2, 0) is 0 Å². The van der Waals surface area contributed by atoms with Gasteiger partial charge in [0.2, 0.25) is 0 Å². The van der Waals surface area contributed by atoms with Gasteiger partial charge in [-0.2, -0.15) is 0 Å². The zero-order valence-electron chi connectivity index (χ0n) is 9.15. The lowest BCUT2D eigenvalue weighted by molar-refractivity contribution is 0.0912. The van der Waals surface area contributed by atoms with Crippen LogP contribution in [0.1, 0.15) is 12.8 Å². The topological polar surface area (TPSA) is 52.7 Å². The molecular weight excluding hydrogens is 178 g/mol. The molecule has 0 amide bonds. The summed E-state index contributed by atoms with van der Waals surface area (Å²) >= 11 is 0. The highest BCUT2D eigenvalue weighted by atomic mass is 16.2. The largest absolute Gasteiger partial charge is 0.396 e. The molecule has 84 valence electrons. The Labute approximate surface area is 86.7 Å². The zero-order valence-corrected chi connectivity index (χ0v) is 9.15. The maximum absolute atomic E-state index is 8.71. The van der Waals surface area contributed by atoms with Gasteiger partial charge in [-0.1, -0.05) is 0 Å². The number of unbranched alkanes of at least 4 members (excludes halogenated alkanes) is 1. The molecule has 0 saturated carbocycles. The molecule has 1 fully saturated rings. The van der Waals surface area contributed by atoms with E-state index in [4.69, 9.17) is 10.8 Å². The third-order valence-electron chi connectivity index (χ3n) is 2.93. The number of likely N-dealkylation sites (N-methyl/N-ethyl adjacent to an activating group) is 1. The summed E-state index contributed by atoms with van der Waals surface area (Å²) < 4.78 is 0. The van der Waals surface area contributed by atoms with Crippen LogP contribution in [0.3, 0.4) is 0 Å². The van der Waals surface area contributed by atoms with E-state index in [0.717, 1.165) is 45.6 Å². The van der Waals surface area contributed by atoms with Crippen molar-refractivity contribution in [3.05, 3.63) is 0 Å². The lowest BCUT2D eigenvalue weighted by Crippen LogP contribution is -2.54. The molecule has 1 heterocycles. The maximum Gasteiger partial charge on any atom is 0.0431 e. The molecule has 1 rings (SSSR count). The third kappa shape index (κ3) is 3.53. The first-order chi connectivity index (χ1) is 6.77. The van der Waals surface area contributed by atoms with E-state index < -0.39 is 0 Å². The number of piperazine rings is 1. The minimum atomic E-state index is 0.307. The Morgan fingerprint density at radius 1 is 1.36 bits per heavy atom. The average molecular weight is 201 g/mol. The van der Waals surface area contributed by atoms with Crippen LogP contribution in [0.15, 0.2) is 0 Å². The molecule has 14 heavy (non-hydrogen) atoms. The molecule has 3 N–H and O–H groups in total. The number of rotatable bonds is 5. The smallest absolute Gasteiger partial charge is 0.0431 e. The monoisotopic (exact) mass is 201 g/mol. The van der Waals surface area contributed by atoms with E-state index in [2.05, 4.69) is 16.8 Å². The van der Waals surface area contributed by atoms with E-state index in [1.165, 1.54) is 0 Å². The van der Waals surface area contributed by atoms with Crippen LogP contribution in [0.4, 0.5) is 0 Å². The molecule has 1 aliphatic rings. The number of hydrogen-bond acceptors (Lipinski definition) is 4. The minimum absolute atomic E-state index is 0.307. The second-order valence-corrected chi connectivity index (χ2v) is 4.12. The van der Waals surface area contributed by atoms with Crippen LogP contribution >= 0.6 is 0 Å². The molecular formula is C10H23N3O. The minimum Gasteiger partial charge on any atom is -0.396 e. The number of nitrogens with two attached hydrogens (primary N) is 1. The zero-order chi connectivity index (χ0) is 10.4. The summed E-state index contributed by atoms with van der Waals surface area (Å²) in [5.41, 5.74) is 5.74. The molecule has 0 aromatic rings. The van der Waals surface area contributed by atoms with Gasteiger partial charge in [0.1, 0.15) is 0 Å². The van der Waals surface area contributed by atoms with Crippen molar-refractivity contribution < 1.29 is 5.11 Å². The molecule has 4 nitrogen and oxygen atoms in total. The van der Waals surface area contributed by atoms with Crippen molar-refractivity contribution >= 4 is 0 Å². The van der Waals surface area contributed by atoms with E-state index >= 15 is 0 Å². The lowest BCUT2D eigenvalue weighted by Gasteiger charge is -2.39. The summed E-state index contributed by atoms with van der Waals surface area (Å²) in [6, 6.07) is 0.507. The van der Waals surface area contributed by atoms with Gasteiger partial charge in [0.05, 0.1) is 0 Å². The van der Waals surface area contributed by atoms with E-state index in [1.54, 1.807) is 0 Å². The quantitative estimate of drug-likeness (QED) is 0.580. The summed E-state index contributed by atoms with van der Waals surface area (Å²) in [4.78, 5) is 4.79. The first kappa shape index (κ1) is 11.9. The SMILES string of the molecule is CN1CCN(CCCCO)C(CN)C1. The predicted molar refractivity (Wildman–Crippen MR) is 58.2 cm³/mol. The van der Waals surface area contributed by atoms with Crippen LogP contribution < -0.4 is 5.73 Å². The molecule has 1 aliphatic heterocycles. The normalized spacial score (nSPS) is 25.5. The van der Waals surface area contributed by atoms with Gasteiger partial charge < -0.3 is 15.7 Å². The lowest BCUT2D eigenvalue weighted by atomic mass is 10.1. The Bertz CT molecular complexity index is 154. The highest BCUT2D eigenvalue weighted by Gasteiger charge is 2.22. The first-order valence-electron chi connectivity index (χ1n) is 5.51. The van der Waals surface area contributed by atoms with E-state index in [0.29, 0.717) is 12.6 Å². The average Bonchev–Trinajstić information content (AvgIpc) is 2.20. The highest BCUT2D eigenvalue weighted by Crippen LogP contribution is 2.08. The molecule has 0 aromatic heterocycles. The van der Waals surface area contributed by atoms with Crippen molar-refractivity contribution in [2.75, 3.05) is 46.4 Å². The molecule has 1 atom stereocenters. The highest BCUT2D eigenvalue weighted by molar-refractivity contribution is 4.81. The Morgan fingerprint density at radius 2 is 2.14 bits per heavy atom. The van der Waals surface area contributed by atoms with Crippen molar-refractivity contribution in [1.82, 2.24) is 9.80 Å². The van der Waals surface area contributed by atoms with Crippen LogP contribution in [0.2, 0.25) is 0 Å². The van der Waals surface area contributed by atoms with Crippen molar-refractivity contribution in [3.8, 4) is 0 Å². The van der Waals surface area contributed by atoms with Gasteiger partial charge in [0, 0.05) is 38.8 Å². The maximum atomic E-state index is 8.71. The van der Waals surface area contributed by atoms with E-state index in [1.807, 2.05) is 0 Å². The molecule has 0 aliphatic carbocycles. The van der Waals surface area contributed by atoms with Gasteiger partial charge in [-0.15, -0.1) is 0 Å². The fourth-order valence-corrected chi connectivity index (χ4v) is 1.99. The second kappa shape index (κ2) is 6.35. The Balaban J connectivity index is 2.27. The van der Waals surface area contributed by atoms with Gasteiger partial charge in [-0.3, -0.25) is 4.90 Å². The second-order valence-electron chi connectivity index (χ2n) is 4.12. The summed E-state index contributed by atoms with van der Waals surface area (Å²) in [6.45, 7) is 5.45. The summed E-state index contributed by atoms with van der Waals surface area (Å²) in [6.07, 6.45) is 1.99.